The maximum absolute atomic E-state index is 12.8. The fourth-order valence-corrected chi connectivity index (χ4v) is 3.32. The number of hydrogen-bond donors (Lipinski definition) is 2. The number of carbonyl (C=O) groups is 2. The Labute approximate surface area is 155 Å². The van der Waals surface area contributed by atoms with Gasteiger partial charge in [-0.05, 0) is 30.3 Å². The molecule has 7 heteroatoms. The van der Waals surface area contributed by atoms with Crippen LogP contribution in [0.4, 0.5) is 10.1 Å². The lowest BCUT2D eigenvalue weighted by Crippen LogP contribution is -2.33. The van der Waals surface area contributed by atoms with E-state index < -0.39 is 0 Å². The van der Waals surface area contributed by atoms with Crippen LogP contribution in [0.25, 0.3) is 0 Å². The van der Waals surface area contributed by atoms with Crippen LogP contribution < -0.4 is 15.4 Å². The Hall–Kier alpha value is -2.54. The zero-order valence-corrected chi connectivity index (χ0v) is 14.9. The maximum atomic E-state index is 12.8. The monoisotopic (exact) mass is 374 g/mol. The average Bonchev–Trinajstić information content (AvgIpc) is 2.64. The van der Waals surface area contributed by atoms with Gasteiger partial charge in [0.1, 0.15) is 11.6 Å². The number of carbonyl (C=O) groups excluding carboxylic acids is 2. The van der Waals surface area contributed by atoms with Crippen molar-refractivity contribution in [1.29, 1.82) is 0 Å². The Bertz CT molecular complexity index is 783. The smallest absolute Gasteiger partial charge is 0.234 e. The highest BCUT2D eigenvalue weighted by molar-refractivity contribution is 8.00. The minimum Gasteiger partial charge on any atom is -0.493 e. The molecule has 26 heavy (non-hydrogen) atoms. The number of anilines is 1. The van der Waals surface area contributed by atoms with Crippen LogP contribution in [-0.2, 0) is 9.59 Å². The lowest BCUT2D eigenvalue weighted by molar-refractivity contribution is -0.119. The van der Waals surface area contributed by atoms with Gasteiger partial charge in [0.15, 0.2) is 0 Å². The van der Waals surface area contributed by atoms with E-state index in [9.17, 15) is 14.0 Å². The number of amides is 2. The van der Waals surface area contributed by atoms with E-state index >= 15 is 0 Å². The van der Waals surface area contributed by atoms with E-state index in [0.29, 0.717) is 12.3 Å². The van der Waals surface area contributed by atoms with Crippen molar-refractivity contribution in [3.63, 3.8) is 0 Å². The van der Waals surface area contributed by atoms with Gasteiger partial charge < -0.3 is 15.4 Å². The summed E-state index contributed by atoms with van der Waals surface area (Å²) in [6.07, 6.45) is 0.721. The van der Waals surface area contributed by atoms with Crippen LogP contribution in [0.1, 0.15) is 18.0 Å². The number of nitrogens with one attached hydrogen (secondary N) is 2. The summed E-state index contributed by atoms with van der Waals surface area (Å²) in [5.74, 6) is 0.433. The molecule has 1 heterocycles. The third-order valence-corrected chi connectivity index (χ3v) is 4.82. The topological polar surface area (TPSA) is 67.4 Å². The lowest BCUT2D eigenvalue weighted by Gasteiger charge is -2.26. The van der Waals surface area contributed by atoms with Crippen molar-refractivity contribution < 1.29 is 18.7 Å². The number of para-hydroxylation sites is 1. The molecule has 0 bridgehead atoms. The van der Waals surface area contributed by atoms with Crippen LogP contribution in [0.2, 0.25) is 0 Å². The highest BCUT2D eigenvalue weighted by Crippen LogP contribution is 2.31. The number of hydrogen-bond acceptors (Lipinski definition) is 4. The maximum Gasteiger partial charge on any atom is 0.234 e. The summed E-state index contributed by atoms with van der Waals surface area (Å²) in [5, 5.41) is 5.65. The van der Waals surface area contributed by atoms with E-state index in [1.807, 2.05) is 24.3 Å². The standard InChI is InChI=1S/C19H19FN2O3S/c20-13-5-7-14(8-6-13)21-18(23)11-26-12-19(24)22-16-9-10-25-17-4-2-1-3-15(16)17/h1-8,16H,9-12H2,(H,21,23)(H,22,24)/t16-/m1/s1. The number of benzene rings is 2. The molecule has 0 aliphatic carbocycles. The molecule has 1 atom stereocenters. The zero-order chi connectivity index (χ0) is 18.4. The van der Waals surface area contributed by atoms with Gasteiger partial charge in [-0.3, -0.25) is 9.59 Å². The van der Waals surface area contributed by atoms with E-state index in [-0.39, 0.29) is 35.2 Å². The van der Waals surface area contributed by atoms with E-state index in [2.05, 4.69) is 10.6 Å². The highest BCUT2D eigenvalue weighted by atomic mass is 32.2. The molecule has 2 aromatic carbocycles. The largest absolute Gasteiger partial charge is 0.493 e. The third kappa shape index (κ3) is 4.98. The average molecular weight is 374 g/mol. The molecule has 0 spiro atoms. The van der Waals surface area contributed by atoms with Crippen molar-refractivity contribution in [1.82, 2.24) is 5.32 Å². The number of rotatable bonds is 6. The Morgan fingerprint density at radius 2 is 1.81 bits per heavy atom. The lowest BCUT2D eigenvalue weighted by atomic mass is 10.0. The molecule has 3 rings (SSSR count). The molecule has 5 nitrogen and oxygen atoms in total. The van der Waals surface area contributed by atoms with Gasteiger partial charge in [-0.15, -0.1) is 11.8 Å². The third-order valence-electron chi connectivity index (χ3n) is 3.89. The second-order valence-corrected chi connectivity index (χ2v) is 6.83. The molecule has 1 aliphatic heterocycles. The van der Waals surface area contributed by atoms with Crippen molar-refractivity contribution in [3.05, 3.63) is 59.9 Å². The number of ether oxygens (including phenoxy) is 1. The van der Waals surface area contributed by atoms with E-state index in [4.69, 9.17) is 4.74 Å². The Morgan fingerprint density at radius 1 is 1.08 bits per heavy atom. The summed E-state index contributed by atoms with van der Waals surface area (Å²) < 4.78 is 18.4. The van der Waals surface area contributed by atoms with Crippen molar-refractivity contribution in [2.75, 3.05) is 23.4 Å². The minimum absolute atomic E-state index is 0.0684. The first-order chi connectivity index (χ1) is 12.6. The van der Waals surface area contributed by atoms with Gasteiger partial charge in [-0.2, -0.15) is 0 Å². The van der Waals surface area contributed by atoms with Crippen LogP contribution in [0.5, 0.6) is 5.75 Å². The molecule has 0 fully saturated rings. The van der Waals surface area contributed by atoms with Gasteiger partial charge >= 0.3 is 0 Å². The predicted molar refractivity (Wildman–Crippen MR) is 99.8 cm³/mol. The van der Waals surface area contributed by atoms with Gasteiger partial charge in [0.25, 0.3) is 0 Å². The summed E-state index contributed by atoms with van der Waals surface area (Å²) >= 11 is 1.23. The van der Waals surface area contributed by atoms with Crippen molar-refractivity contribution in [2.24, 2.45) is 0 Å². The molecule has 1 aliphatic rings. The van der Waals surface area contributed by atoms with Gasteiger partial charge in [0, 0.05) is 17.7 Å². The fourth-order valence-electron chi connectivity index (χ4n) is 2.69. The first-order valence-electron chi connectivity index (χ1n) is 8.26. The summed E-state index contributed by atoms with van der Waals surface area (Å²) in [6.45, 7) is 0.565. The Balaban J connectivity index is 1.42. The molecule has 136 valence electrons. The molecular weight excluding hydrogens is 355 g/mol. The molecule has 2 amide bonds. The van der Waals surface area contributed by atoms with Crippen LogP contribution in [0.15, 0.2) is 48.5 Å². The first kappa shape index (κ1) is 18.3. The minimum atomic E-state index is -0.358. The molecular formula is C19H19FN2O3S. The Morgan fingerprint density at radius 3 is 2.62 bits per heavy atom. The van der Waals surface area contributed by atoms with Crippen molar-refractivity contribution in [2.45, 2.75) is 12.5 Å². The normalized spacial score (nSPS) is 15.5. The number of thioether (sulfide) groups is 1. The summed E-state index contributed by atoms with van der Waals surface area (Å²) in [6, 6.07) is 13.1. The predicted octanol–water partition coefficient (Wildman–Crippen LogP) is 3.14. The molecule has 0 saturated heterocycles. The second-order valence-electron chi connectivity index (χ2n) is 5.84. The summed E-state index contributed by atoms with van der Waals surface area (Å²) in [5.41, 5.74) is 1.51. The van der Waals surface area contributed by atoms with E-state index in [0.717, 1.165) is 17.7 Å². The quantitative estimate of drug-likeness (QED) is 0.815. The molecule has 0 unspecified atom stereocenters. The Kier molecular flexibility index (Phi) is 6.12. The highest BCUT2D eigenvalue weighted by Gasteiger charge is 2.22. The molecule has 0 saturated carbocycles. The van der Waals surface area contributed by atoms with Crippen LogP contribution in [-0.4, -0.2) is 29.9 Å². The van der Waals surface area contributed by atoms with Crippen LogP contribution >= 0.6 is 11.8 Å². The van der Waals surface area contributed by atoms with Gasteiger partial charge in [-0.1, -0.05) is 18.2 Å². The van der Waals surface area contributed by atoms with Crippen LogP contribution in [0.3, 0.4) is 0 Å². The molecule has 0 aromatic heterocycles. The molecule has 2 aromatic rings. The second kappa shape index (κ2) is 8.71. The fraction of sp³-hybridized carbons (Fsp3) is 0.263. The van der Waals surface area contributed by atoms with E-state index in [1.54, 1.807) is 0 Å². The van der Waals surface area contributed by atoms with Crippen molar-refractivity contribution in [3.8, 4) is 5.75 Å². The first-order valence-corrected chi connectivity index (χ1v) is 9.41. The molecule has 2 N–H and O–H groups in total. The van der Waals surface area contributed by atoms with E-state index in [1.165, 1.54) is 36.0 Å². The number of fused-ring (bicyclic) bond motifs is 1. The number of halogens is 1. The summed E-state index contributed by atoms with van der Waals surface area (Å²) in [7, 11) is 0. The molecule has 0 radical (unpaired) electrons. The summed E-state index contributed by atoms with van der Waals surface area (Å²) in [4.78, 5) is 24.0. The SMILES string of the molecule is O=C(CSCC(=O)N[C@@H]1CCOc2ccccc21)Nc1ccc(F)cc1. The van der Waals surface area contributed by atoms with Gasteiger partial charge in [0.05, 0.1) is 24.2 Å². The zero-order valence-electron chi connectivity index (χ0n) is 14.0. The van der Waals surface area contributed by atoms with Crippen molar-refractivity contribution >= 4 is 29.3 Å². The van der Waals surface area contributed by atoms with Gasteiger partial charge in [-0.25, -0.2) is 4.39 Å². The van der Waals surface area contributed by atoms with Crippen LogP contribution in [0, 0.1) is 5.82 Å². The van der Waals surface area contributed by atoms with Gasteiger partial charge in [0.2, 0.25) is 11.8 Å².